The standard InChI is InChI=1S/C21H23N3O4/c1-27-10-9-24-18-5-3-2-4-17(18)22-21(24)23-8-11-28-20-7-6-15(19(26)14-25)12-16(20)13-23/h2-7,12,25H,8-11,13-14H2,1H3. The van der Waals surface area contributed by atoms with Crippen molar-refractivity contribution in [2.75, 3.05) is 38.4 Å². The number of hydrogen-bond acceptors (Lipinski definition) is 6. The van der Waals surface area contributed by atoms with E-state index in [-0.39, 0.29) is 5.78 Å². The number of ether oxygens (including phenoxy) is 2. The number of aliphatic hydroxyl groups excluding tert-OH is 1. The maximum atomic E-state index is 11.9. The van der Waals surface area contributed by atoms with Crippen LogP contribution in [0.1, 0.15) is 15.9 Å². The van der Waals surface area contributed by atoms with Crippen LogP contribution in [0.3, 0.4) is 0 Å². The molecule has 0 unspecified atom stereocenters. The molecule has 0 bridgehead atoms. The Labute approximate surface area is 163 Å². The Morgan fingerprint density at radius 2 is 2.14 bits per heavy atom. The Kier molecular flexibility index (Phi) is 5.27. The molecule has 1 aliphatic heterocycles. The first-order valence-corrected chi connectivity index (χ1v) is 9.30. The van der Waals surface area contributed by atoms with Crippen molar-refractivity contribution in [3.63, 3.8) is 0 Å². The largest absolute Gasteiger partial charge is 0.491 e. The second kappa shape index (κ2) is 8.00. The van der Waals surface area contributed by atoms with Crippen molar-refractivity contribution < 1.29 is 19.4 Å². The summed E-state index contributed by atoms with van der Waals surface area (Å²) in [5.74, 6) is 1.32. The number of methoxy groups -OCH3 is 1. The van der Waals surface area contributed by atoms with E-state index in [2.05, 4.69) is 15.5 Å². The van der Waals surface area contributed by atoms with Crippen LogP contribution in [-0.2, 0) is 17.8 Å². The van der Waals surface area contributed by atoms with Crippen LogP contribution in [0.4, 0.5) is 5.95 Å². The number of rotatable bonds is 6. The van der Waals surface area contributed by atoms with Gasteiger partial charge in [0.25, 0.3) is 0 Å². The smallest absolute Gasteiger partial charge is 0.207 e. The van der Waals surface area contributed by atoms with E-state index in [1.165, 1.54) is 0 Å². The Bertz CT molecular complexity index is 998. The fourth-order valence-electron chi connectivity index (χ4n) is 3.54. The van der Waals surface area contributed by atoms with Crippen molar-refractivity contribution in [3.8, 4) is 5.75 Å². The average Bonchev–Trinajstić information content (AvgIpc) is 2.96. The zero-order valence-electron chi connectivity index (χ0n) is 15.8. The normalized spacial score (nSPS) is 13.9. The number of carbonyl (C=O) groups is 1. The third-order valence-electron chi connectivity index (χ3n) is 4.94. The number of carbonyl (C=O) groups excluding carboxylic acids is 1. The molecule has 0 saturated carbocycles. The number of anilines is 1. The van der Waals surface area contributed by atoms with Crippen LogP contribution in [0.25, 0.3) is 11.0 Å². The summed E-state index contributed by atoms with van der Waals surface area (Å²) in [6.45, 7) is 2.54. The number of fused-ring (bicyclic) bond motifs is 2. The van der Waals surface area contributed by atoms with E-state index in [1.807, 2.05) is 18.2 Å². The van der Waals surface area contributed by atoms with Gasteiger partial charge in [-0.3, -0.25) is 4.79 Å². The van der Waals surface area contributed by atoms with Crippen LogP contribution in [0, 0.1) is 0 Å². The summed E-state index contributed by atoms with van der Waals surface area (Å²) >= 11 is 0. The first-order valence-electron chi connectivity index (χ1n) is 9.30. The molecule has 146 valence electrons. The van der Waals surface area contributed by atoms with E-state index in [9.17, 15) is 4.79 Å². The van der Waals surface area contributed by atoms with Gasteiger partial charge in [-0.05, 0) is 30.3 Å². The van der Waals surface area contributed by atoms with Crippen molar-refractivity contribution in [2.24, 2.45) is 0 Å². The average molecular weight is 381 g/mol. The molecular formula is C21H23N3O4. The quantitative estimate of drug-likeness (QED) is 0.660. The van der Waals surface area contributed by atoms with Crippen LogP contribution < -0.4 is 9.64 Å². The summed E-state index contributed by atoms with van der Waals surface area (Å²) in [7, 11) is 1.69. The van der Waals surface area contributed by atoms with Gasteiger partial charge >= 0.3 is 0 Å². The highest BCUT2D eigenvalue weighted by atomic mass is 16.5. The predicted molar refractivity (Wildman–Crippen MR) is 106 cm³/mol. The van der Waals surface area contributed by atoms with Crippen LogP contribution in [0.15, 0.2) is 42.5 Å². The number of imidazole rings is 1. The van der Waals surface area contributed by atoms with Crippen LogP contribution >= 0.6 is 0 Å². The second-order valence-electron chi connectivity index (χ2n) is 6.72. The van der Waals surface area contributed by atoms with Crippen LogP contribution in [-0.4, -0.2) is 53.9 Å². The van der Waals surface area contributed by atoms with Crippen molar-refractivity contribution in [1.29, 1.82) is 0 Å². The monoisotopic (exact) mass is 381 g/mol. The highest BCUT2D eigenvalue weighted by Gasteiger charge is 2.22. The van der Waals surface area contributed by atoms with Crippen molar-refractivity contribution in [1.82, 2.24) is 9.55 Å². The third-order valence-corrected chi connectivity index (χ3v) is 4.94. The lowest BCUT2D eigenvalue weighted by Crippen LogP contribution is -2.28. The summed E-state index contributed by atoms with van der Waals surface area (Å²) in [5, 5.41) is 9.16. The summed E-state index contributed by atoms with van der Waals surface area (Å²) < 4.78 is 13.3. The maximum Gasteiger partial charge on any atom is 0.207 e. The van der Waals surface area contributed by atoms with E-state index < -0.39 is 6.61 Å². The summed E-state index contributed by atoms with van der Waals surface area (Å²) in [5.41, 5.74) is 3.38. The summed E-state index contributed by atoms with van der Waals surface area (Å²) in [6.07, 6.45) is 0. The lowest BCUT2D eigenvalue weighted by Gasteiger charge is -2.22. The van der Waals surface area contributed by atoms with Crippen molar-refractivity contribution >= 4 is 22.8 Å². The molecule has 0 saturated heterocycles. The van der Waals surface area contributed by atoms with Crippen LogP contribution in [0.2, 0.25) is 0 Å². The molecule has 0 amide bonds. The van der Waals surface area contributed by atoms with Gasteiger partial charge in [0.05, 0.1) is 24.2 Å². The highest BCUT2D eigenvalue weighted by molar-refractivity contribution is 5.97. The van der Waals surface area contributed by atoms with Gasteiger partial charge in [0, 0.05) is 31.3 Å². The molecule has 0 fully saturated rings. The van der Waals surface area contributed by atoms with Crippen LogP contribution in [0.5, 0.6) is 5.75 Å². The fourth-order valence-corrected chi connectivity index (χ4v) is 3.54. The molecule has 0 radical (unpaired) electrons. The van der Waals surface area contributed by atoms with Crippen molar-refractivity contribution in [3.05, 3.63) is 53.6 Å². The Morgan fingerprint density at radius 1 is 1.29 bits per heavy atom. The molecule has 4 rings (SSSR count). The van der Waals surface area contributed by atoms with E-state index in [0.717, 1.165) is 28.3 Å². The number of benzene rings is 2. The molecule has 1 aromatic heterocycles. The molecule has 28 heavy (non-hydrogen) atoms. The van der Waals surface area contributed by atoms with Gasteiger partial charge in [-0.15, -0.1) is 0 Å². The number of nitrogens with zero attached hydrogens (tertiary/aromatic N) is 3. The molecule has 3 aromatic rings. The minimum absolute atomic E-state index is 0.300. The van der Waals surface area contributed by atoms with E-state index in [4.69, 9.17) is 19.6 Å². The predicted octanol–water partition coefficient (Wildman–Crippen LogP) is 2.26. The molecule has 0 spiro atoms. The summed E-state index contributed by atoms with van der Waals surface area (Å²) in [6, 6.07) is 13.3. The molecule has 1 aliphatic rings. The number of aliphatic hydroxyl groups is 1. The SMILES string of the molecule is COCCn1c(N2CCOc3ccc(C(=O)CO)cc3C2)nc2ccccc21. The number of Topliss-reactive ketones (excluding diaryl/α,β-unsaturated/α-hetero) is 1. The molecule has 7 heteroatoms. The fraction of sp³-hybridized carbons (Fsp3) is 0.333. The number of para-hydroxylation sites is 2. The van der Waals surface area contributed by atoms with Gasteiger partial charge in [-0.1, -0.05) is 12.1 Å². The minimum Gasteiger partial charge on any atom is -0.491 e. The number of ketones is 1. The molecule has 7 nitrogen and oxygen atoms in total. The van der Waals surface area contributed by atoms with E-state index in [0.29, 0.717) is 38.4 Å². The van der Waals surface area contributed by atoms with Gasteiger partial charge in [0.2, 0.25) is 5.95 Å². The topological polar surface area (TPSA) is 76.8 Å². The third kappa shape index (κ3) is 3.46. The highest BCUT2D eigenvalue weighted by Crippen LogP contribution is 2.29. The first-order chi connectivity index (χ1) is 13.7. The van der Waals surface area contributed by atoms with Gasteiger partial charge in [0.1, 0.15) is 19.0 Å². The molecule has 0 atom stereocenters. The van der Waals surface area contributed by atoms with Gasteiger partial charge in [-0.25, -0.2) is 4.98 Å². The summed E-state index contributed by atoms with van der Waals surface area (Å²) in [4.78, 5) is 18.9. The zero-order chi connectivity index (χ0) is 19.5. The van der Waals surface area contributed by atoms with Gasteiger partial charge < -0.3 is 24.0 Å². The molecule has 2 aromatic carbocycles. The van der Waals surface area contributed by atoms with Crippen molar-refractivity contribution in [2.45, 2.75) is 13.1 Å². The van der Waals surface area contributed by atoms with E-state index >= 15 is 0 Å². The maximum absolute atomic E-state index is 11.9. The number of hydrogen-bond donors (Lipinski definition) is 1. The van der Waals surface area contributed by atoms with E-state index in [1.54, 1.807) is 25.3 Å². The molecular weight excluding hydrogens is 358 g/mol. The second-order valence-corrected chi connectivity index (χ2v) is 6.72. The minimum atomic E-state index is -0.504. The Morgan fingerprint density at radius 3 is 2.96 bits per heavy atom. The van der Waals surface area contributed by atoms with Gasteiger partial charge in [-0.2, -0.15) is 0 Å². The molecule has 2 heterocycles. The van der Waals surface area contributed by atoms with Gasteiger partial charge in [0.15, 0.2) is 5.78 Å². The lowest BCUT2D eigenvalue weighted by molar-refractivity contribution is 0.0903. The number of aromatic nitrogens is 2. The first kappa shape index (κ1) is 18.5. The zero-order valence-corrected chi connectivity index (χ0v) is 15.8. The Hall–Kier alpha value is -2.90. The molecule has 0 aliphatic carbocycles. The Balaban J connectivity index is 1.73. The lowest BCUT2D eigenvalue weighted by atomic mass is 10.1. The molecule has 1 N–H and O–H groups in total.